The molecule has 142 valence electrons. The average molecular weight is 408 g/mol. The smallest absolute Gasteiger partial charge is 0.258 e. The van der Waals surface area contributed by atoms with Gasteiger partial charge in [0.25, 0.3) is 5.56 Å². The molecule has 0 unspecified atom stereocenters. The van der Waals surface area contributed by atoms with Crippen LogP contribution in [0.3, 0.4) is 0 Å². The Balaban J connectivity index is 1.85. The molecule has 1 heterocycles. The highest BCUT2D eigenvalue weighted by molar-refractivity contribution is 6.35. The van der Waals surface area contributed by atoms with E-state index in [1.165, 1.54) is 14.2 Å². The Labute approximate surface area is 166 Å². The summed E-state index contributed by atoms with van der Waals surface area (Å²) in [6.07, 6.45) is 0. The first-order valence-corrected chi connectivity index (χ1v) is 9.01. The molecule has 27 heavy (non-hydrogen) atoms. The third kappa shape index (κ3) is 4.18. The second kappa shape index (κ2) is 8.17. The van der Waals surface area contributed by atoms with Crippen molar-refractivity contribution in [2.75, 3.05) is 14.2 Å². The predicted molar refractivity (Wildman–Crippen MR) is 107 cm³/mol. The molecule has 2 aromatic carbocycles. The van der Waals surface area contributed by atoms with Crippen LogP contribution in [-0.4, -0.2) is 24.2 Å². The fraction of sp³-hybridized carbons (Fsp3) is 0.263. The van der Waals surface area contributed by atoms with Gasteiger partial charge in [-0.15, -0.1) is 0 Å². The number of halogens is 2. The van der Waals surface area contributed by atoms with Gasteiger partial charge in [0.2, 0.25) is 0 Å². The number of aromatic amines is 1. The molecule has 0 bridgehead atoms. The Morgan fingerprint density at radius 1 is 1.15 bits per heavy atom. The molecular weight excluding hydrogens is 389 g/mol. The van der Waals surface area contributed by atoms with E-state index in [1.807, 2.05) is 13.0 Å². The van der Waals surface area contributed by atoms with E-state index in [9.17, 15) is 4.79 Å². The lowest BCUT2D eigenvalue weighted by atomic mass is 10.1. The number of hydrogen-bond acceptors (Lipinski definition) is 5. The van der Waals surface area contributed by atoms with Crippen LogP contribution in [0.15, 0.2) is 35.1 Å². The first-order valence-electron chi connectivity index (χ1n) is 8.26. The lowest BCUT2D eigenvalue weighted by Crippen LogP contribution is -2.22. The summed E-state index contributed by atoms with van der Waals surface area (Å²) < 4.78 is 10.5. The molecule has 0 aliphatic rings. The van der Waals surface area contributed by atoms with Crippen LogP contribution < -0.4 is 20.3 Å². The quantitative estimate of drug-likeness (QED) is 0.643. The Morgan fingerprint density at radius 3 is 2.52 bits per heavy atom. The fourth-order valence-electron chi connectivity index (χ4n) is 2.81. The van der Waals surface area contributed by atoms with E-state index in [0.717, 1.165) is 5.56 Å². The molecule has 0 amide bonds. The van der Waals surface area contributed by atoms with Crippen molar-refractivity contribution in [3.05, 3.63) is 62.1 Å². The van der Waals surface area contributed by atoms with Gasteiger partial charge in [-0.25, -0.2) is 4.98 Å². The number of hydrogen-bond donors (Lipinski definition) is 2. The number of nitrogens with zero attached hydrogens (tertiary/aromatic N) is 1. The lowest BCUT2D eigenvalue weighted by molar-refractivity contribution is 0.355. The third-order valence-electron chi connectivity index (χ3n) is 4.26. The molecule has 0 fully saturated rings. The number of rotatable bonds is 6. The molecule has 0 aliphatic carbocycles. The zero-order chi connectivity index (χ0) is 19.6. The molecule has 0 aliphatic heterocycles. The molecule has 0 spiro atoms. The van der Waals surface area contributed by atoms with E-state index < -0.39 is 0 Å². The molecule has 1 aromatic heterocycles. The molecule has 1 atom stereocenters. The van der Waals surface area contributed by atoms with Gasteiger partial charge >= 0.3 is 0 Å². The van der Waals surface area contributed by atoms with Gasteiger partial charge in [0, 0.05) is 22.2 Å². The van der Waals surface area contributed by atoms with Gasteiger partial charge in [-0.2, -0.15) is 0 Å². The average Bonchev–Trinajstić information content (AvgIpc) is 2.65. The summed E-state index contributed by atoms with van der Waals surface area (Å²) in [5.41, 5.74) is 1.20. The van der Waals surface area contributed by atoms with Gasteiger partial charge in [-0.05, 0) is 30.7 Å². The van der Waals surface area contributed by atoms with Gasteiger partial charge in [0.1, 0.15) is 5.82 Å². The Hall–Kier alpha value is -2.28. The van der Waals surface area contributed by atoms with Crippen LogP contribution in [0.4, 0.5) is 0 Å². The number of benzene rings is 2. The minimum Gasteiger partial charge on any atom is -0.493 e. The van der Waals surface area contributed by atoms with Gasteiger partial charge in [-0.3, -0.25) is 4.79 Å². The summed E-state index contributed by atoms with van der Waals surface area (Å²) in [7, 11) is 3.06. The monoisotopic (exact) mass is 407 g/mol. The first kappa shape index (κ1) is 19.5. The first-order chi connectivity index (χ1) is 12.9. The summed E-state index contributed by atoms with van der Waals surface area (Å²) in [6.45, 7) is 2.34. The van der Waals surface area contributed by atoms with Crippen molar-refractivity contribution in [3.63, 3.8) is 0 Å². The predicted octanol–water partition coefficient (Wildman–Crippen LogP) is 4.10. The van der Waals surface area contributed by atoms with Crippen LogP contribution in [0.25, 0.3) is 10.9 Å². The van der Waals surface area contributed by atoms with E-state index in [0.29, 0.717) is 44.8 Å². The van der Waals surface area contributed by atoms with Gasteiger partial charge in [0.15, 0.2) is 11.5 Å². The van der Waals surface area contributed by atoms with Crippen molar-refractivity contribution < 1.29 is 9.47 Å². The summed E-state index contributed by atoms with van der Waals surface area (Å²) in [6, 6.07) is 8.61. The zero-order valence-corrected chi connectivity index (χ0v) is 16.6. The van der Waals surface area contributed by atoms with Crippen LogP contribution in [0.2, 0.25) is 10.0 Å². The van der Waals surface area contributed by atoms with E-state index in [2.05, 4.69) is 15.3 Å². The maximum atomic E-state index is 12.4. The summed E-state index contributed by atoms with van der Waals surface area (Å²) in [4.78, 5) is 19.7. The second-order valence-electron chi connectivity index (χ2n) is 6.01. The standard InChI is InChI=1S/C19H19Cl2N3O3/c1-10(12-5-4-11(20)6-14(12)21)22-9-18-23-15-8-17(27-3)16(26-2)7-13(15)19(25)24-18/h4-8,10,22H,9H2,1-3H3,(H,23,24,25)/t10-/m1/s1. The van der Waals surface area contributed by atoms with E-state index in [1.54, 1.807) is 24.3 Å². The lowest BCUT2D eigenvalue weighted by Gasteiger charge is -2.16. The number of fused-ring (bicyclic) bond motifs is 1. The maximum absolute atomic E-state index is 12.4. The Kier molecular flexibility index (Phi) is 5.89. The number of ether oxygens (including phenoxy) is 2. The van der Waals surface area contributed by atoms with Gasteiger partial charge in [0.05, 0.1) is 31.7 Å². The highest BCUT2D eigenvalue weighted by Gasteiger charge is 2.13. The molecule has 0 radical (unpaired) electrons. The van der Waals surface area contributed by atoms with Crippen LogP contribution in [-0.2, 0) is 6.54 Å². The molecule has 2 N–H and O–H groups in total. The minimum atomic E-state index is -0.241. The summed E-state index contributed by atoms with van der Waals surface area (Å²) >= 11 is 12.2. The molecule has 0 saturated heterocycles. The summed E-state index contributed by atoms with van der Waals surface area (Å²) in [5, 5.41) is 4.90. The molecule has 3 rings (SSSR count). The fourth-order valence-corrected chi connectivity index (χ4v) is 3.38. The topological polar surface area (TPSA) is 76.2 Å². The van der Waals surface area contributed by atoms with E-state index >= 15 is 0 Å². The molecule has 3 aromatic rings. The van der Waals surface area contributed by atoms with Crippen molar-refractivity contribution in [2.24, 2.45) is 0 Å². The molecule has 6 nitrogen and oxygen atoms in total. The van der Waals surface area contributed by atoms with E-state index in [-0.39, 0.29) is 11.6 Å². The molecule has 0 saturated carbocycles. The Bertz CT molecular complexity index is 1040. The van der Waals surface area contributed by atoms with Crippen LogP contribution in [0.1, 0.15) is 24.4 Å². The van der Waals surface area contributed by atoms with Crippen LogP contribution >= 0.6 is 23.2 Å². The van der Waals surface area contributed by atoms with Crippen molar-refractivity contribution in [1.82, 2.24) is 15.3 Å². The number of H-pyrrole nitrogens is 1. The highest BCUT2D eigenvalue weighted by atomic mass is 35.5. The SMILES string of the molecule is COc1cc2nc(CN[C@H](C)c3ccc(Cl)cc3Cl)[nH]c(=O)c2cc1OC. The van der Waals surface area contributed by atoms with E-state index in [4.69, 9.17) is 32.7 Å². The third-order valence-corrected chi connectivity index (χ3v) is 4.83. The molecule has 8 heteroatoms. The Morgan fingerprint density at radius 2 is 1.85 bits per heavy atom. The van der Waals surface area contributed by atoms with Crippen molar-refractivity contribution in [3.8, 4) is 11.5 Å². The van der Waals surface area contributed by atoms with Crippen LogP contribution in [0.5, 0.6) is 11.5 Å². The zero-order valence-electron chi connectivity index (χ0n) is 15.1. The maximum Gasteiger partial charge on any atom is 0.258 e. The van der Waals surface area contributed by atoms with Crippen molar-refractivity contribution in [2.45, 2.75) is 19.5 Å². The van der Waals surface area contributed by atoms with Gasteiger partial charge < -0.3 is 19.8 Å². The highest BCUT2D eigenvalue weighted by Crippen LogP contribution is 2.30. The summed E-state index contributed by atoms with van der Waals surface area (Å²) in [5.74, 6) is 1.51. The second-order valence-corrected chi connectivity index (χ2v) is 6.85. The minimum absolute atomic E-state index is 0.0545. The number of aromatic nitrogens is 2. The number of methoxy groups -OCH3 is 2. The van der Waals surface area contributed by atoms with Crippen molar-refractivity contribution >= 4 is 34.1 Å². The van der Waals surface area contributed by atoms with Crippen molar-refractivity contribution in [1.29, 1.82) is 0 Å². The normalized spacial score (nSPS) is 12.2. The van der Waals surface area contributed by atoms with Gasteiger partial charge in [-0.1, -0.05) is 29.3 Å². The molecular formula is C19H19Cl2N3O3. The largest absolute Gasteiger partial charge is 0.493 e. The number of nitrogens with one attached hydrogen (secondary N) is 2. The van der Waals surface area contributed by atoms with Crippen LogP contribution in [0, 0.1) is 0 Å².